The zero-order valence-electron chi connectivity index (χ0n) is 13.5. The minimum Gasteiger partial charge on any atom is -0.356 e. The van der Waals surface area contributed by atoms with E-state index in [1.54, 1.807) is 0 Å². The van der Waals surface area contributed by atoms with Gasteiger partial charge in [-0.3, -0.25) is 4.79 Å². The summed E-state index contributed by atoms with van der Waals surface area (Å²) < 4.78 is 0. The maximum absolute atomic E-state index is 11.9. The van der Waals surface area contributed by atoms with Crippen LogP contribution in [0.15, 0.2) is 54.6 Å². The number of rotatable bonds is 7. The molecule has 0 saturated carbocycles. The van der Waals surface area contributed by atoms with Crippen LogP contribution in [-0.4, -0.2) is 12.5 Å². The van der Waals surface area contributed by atoms with Crippen molar-refractivity contribution in [2.24, 2.45) is 5.73 Å². The van der Waals surface area contributed by atoms with Gasteiger partial charge >= 0.3 is 0 Å². The largest absolute Gasteiger partial charge is 0.356 e. The summed E-state index contributed by atoms with van der Waals surface area (Å²) in [5.74, 6) is 0.00142. The Morgan fingerprint density at radius 1 is 1.04 bits per heavy atom. The number of carbonyl (C=O) groups is 1. The van der Waals surface area contributed by atoms with E-state index in [2.05, 4.69) is 36.5 Å². The number of halogens is 1. The van der Waals surface area contributed by atoms with Crippen LogP contribution in [0.5, 0.6) is 0 Å². The number of hydrogen-bond acceptors (Lipinski definition) is 2. The first kappa shape index (κ1) is 19.2. The molecule has 0 bridgehead atoms. The van der Waals surface area contributed by atoms with Gasteiger partial charge in [0.25, 0.3) is 0 Å². The summed E-state index contributed by atoms with van der Waals surface area (Å²) in [5, 5.41) is 2.94. The van der Waals surface area contributed by atoms with Crippen molar-refractivity contribution in [2.45, 2.75) is 32.2 Å². The molecule has 124 valence electrons. The molecule has 3 nitrogen and oxygen atoms in total. The molecule has 0 spiro atoms. The third-order valence-electron chi connectivity index (χ3n) is 3.80. The fourth-order valence-electron chi connectivity index (χ4n) is 2.38. The minimum absolute atomic E-state index is 0. The lowest BCUT2D eigenvalue weighted by molar-refractivity contribution is -0.121. The van der Waals surface area contributed by atoms with Gasteiger partial charge in [-0.25, -0.2) is 0 Å². The molecular weight excluding hydrogens is 308 g/mol. The predicted molar refractivity (Wildman–Crippen MR) is 97.8 cm³/mol. The van der Waals surface area contributed by atoms with E-state index in [0.717, 1.165) is 18.4 Å². The Hall–Kier alpha value is -1.84. The van der Waals surface area contributed by atoms with Crippen molar-refractivity contribution in [3.8, 4) is 0 Å². The summed E-state index contributed by atoms with van der Waals surface area (Å²) in [4.78, 5) is 11.9. The van der Waals surface area contributed by atoms with Crippen LogP contribution in [0.3, 0.4) is 0 Å². The maximum atomic E-state index is 11.9. The van der Waals surface area contributed by atoms with Crippen molar-refractivity contribution in [3.05, 3.63) is 71.3 Å². The van der Waals surface area contributed by atoms with Crippen LogP contribution in [0, 0.1) is 0 Å². The van der Waals surface area contributed by atoms with E-state index in [-0.39, 0.29) is 24.4 Å². The third kappa shape index (κ3) is 6.43. The van der Waals surface area contributed by atoms with Crippen LogP contribution in [0.1, 0.15) is 36.1 Å². The monoisotopic (exact) mass is 332 g/mol. The zero-order chi connectivity index (χ0) is 15.8. The molecule has 0 fully saturated rings. The Morgan fingerprint density at radius 2 is 1.65 bits per heavy atom. The van der Waals surface area contributed by atoms with Crippen molar-refractivity contribution in [3.63, 3.8) is 0 Å². The molecule has 2 rings (SSSR count). The third-order valence-corrected chi connectivity index (χ3v) is 3.80. The molecule has 0 radical (unpaired) electrons. The molecule has 0 aliphatic carbocycles. The molecule has 1 unspecified atom stereocenters. The summed E-state index contributed by atoms with van der Waals surface area (Å²) >= 11 is 0. The lowest BCUT2D eigenvalue weighted by Crippen LogP contribution is -2.29. The summed E-state index contributed by atoms with van der Waals surface area (Å²) in [6, 6.07) is 18.0. The molecule has 2 aromatic carbocycles. The smallest absolute Gasteiger partial charge is 0.221 e. The zero-order valence-corrected chi connectivity index (χ0v) is 14.3. The fourth-order valence-corrected chi connectivity index (χ4v) is 2.38. The number of aryl methyl sites for hydroxylation is 1. The van der Waals surface area contributed by atoms with Gasteiger partial charge in [0.15, 0.2) is 0 Å². The van der Waals surface area contributed by atoms with Gasteiger partial charge in [-0.2, -0.15) is 0 Å². The predicted octanol–water partition coefficient (Wildman–Crippen LogP) is 3.42. The molecule has 1 amide bonds. The molecule has 4 heteroatoms. The van der Waals surface area contributed by atoms with E-state index in [1.165, 1.54) is 11.1 Å². The number of nitrogens with two attached hydrogens (primary N) is 1. The molecule has 0 heterocycles. The van der Waals surface area contributed by atoms with Crippen LogP contribution >= 0.6 is 12.4 Å². The lowest BCUT2D eigenvalue weighted by atomic mass is 10.0. The van der Waals surface area contributed by atoms with Gasteiger partial charge < -0.3 is 11.1 Å². The SMILES string of the molecule is CCc1ccc(CCNC(=O)CC(N)c2ccccc2)cc1.Cl. The molecule has 0 aliphatic rings. The van der Waals surface area contributed by atoms with Gasteiger partial charge in [0.05, 0.1) is 0 Å². The highest BCUT2D eigenvalue weighted by atomic mass is 35.5. The van der Waals surface area contributed by atoms with Gasteiger partial charge in [0, 0.05) is 19.0 Å². The number of nitrogens with one attached hydrogen (secondary N) is 1. The Morgan fingerprint density at radius 3 is 2.26 bits per heavy atom. The van der Waals surface area contributed by atoms with Gasteiger partial charge in [-0.05, 0) is 29.5 Å². The van der Waals surface area contributed by atoms with Gasteiger partial charge in [-0.1, -0.05) is 61.5 Å². The number of carbonyl (C=O) groups excluding carboxylic acids is 1. The van der Waals surface area contributed by atoms with Gasteiger partial charge in [-0.15, -0.1) is 12.4 Å². The van der Waals surface area contributed by atoms with Crippen LogP contribution in [0.25, 0.3) is 0 Å². The average Bonchev–Trinajstić information content (AvgIpc) is 2.56. The normalized spacial score (nSPS) is 11.4. The molecule has 0 saturated heterocycles. The Bertz CT molecular complexity index is 584. The topological polar surface area (TPSA) is 55.1 Å². The summed E-state index contributed by atoms with van der Waals surface area (Å²) in [6.45, 7) is 2.79. The molecule has 0 aromatic heterocycles. The van der Waals surface area contributed by atoms with E-state index in [9.17, 15) is 4.79 Å². The molecule has 3 N–H and O–H groups in total. The summed E-state index contributed by atoms with van der Waals surface area (Å²) in [5.41, 5.74) is 9.62. The number of hydrogen-bond donors (Lipinski definition) is 2. The van der Waals surface area contributed by atoms with E-state index >= 15 is 0 Å². The second-order valence-electron chi connectivity index (χ2n) is 5.49. The fraction of sp³-hybridized carbons (Fsp3) is 0.316. The highest BCUT2D eigenvalue weighted by Gasteiger charge is 2.10. The molecule has 2 aromatic rings. The van der Waals surface area contributed by atoms with Crippen molar-refractivity contribution >= 4 is 18.3 Å². The van der Waals surface area contributed by atoms with E-state index < -0.39 is 0 Å². The molecule has 23 heavy (non-hydrogen) atoms. The second kappa shape index (κ2) is 10.0. The standard InChI is InChI=1S/C19H24N2O.ClH/c1-2-15-8-10-16(11-9-15)12-13-21-19(22)14-18(20)17-6-4-3-5-7-17;/h3-11,18H,2,12-14,20H2,1H3,(H,21,22);1H. The van der Waals surface area contributed by atoms with Crippen molar-refractivity contribution in [2.75, 3.05) is 6.54 Å². The Balaban J connectivity index is 0.00000264. The van der Waals surface area contributed by atoms with E-state index in [1.807, 2.05) is 30.3 Å². The average molecular weight is 333 g/mol. The quantitative estimate of drug-likeness (QED) is 0.816. The first-order valence-corrected chi connectivity index (χ1v) is 7.84. The van der Waals surface area contributed by atoms with Crippen molar-refractivity contribution in [1.29, 1.82) is 0 Å². The lowest BCUT2D eigenvalue weighted by Gasteiger charge is -2.12. The Labute approximate surface area is 144 Å². The van der Waals surface area contributed by atoms with Crippen LogP contribution in [0.2, 0.25) is 0 Å². The molecule has 1 atom stereocenters. The highest BCUT2D eigenvalue weighted by molar-refractivity contribution is 5.85. The highest BCUT2D eigenvalue weighted by Crippen LogP contribution is 2.12. The number of amides is 1. The Kier molecular flexibility index (Phi) is 8.38. The van der Waals surface area contributed by atoms with E-state index in [4.69, 9.17) is 5.73 Å². The number of benzene rings is 2. The van der Waals surface area contributed by atoms with Gasteiger partial charge in [0.2, 0.25) is 5.91 Å². The second-order valence-corrected chi connectivity index (χ2v) is 5.49. The first-order chi connectivity index (χ1) is 10.7. The van der Waals surface area contributed by atoms with Crippen molar-refractivity contribution in [1.82, 2.24) is 5.32 Å². The van der Waals surface area contributed by atoms with Crippen molar-refractivity contribution < 1.29 is 4.79 Å². The van der Waals surface area contributed by atoms with Crippen LogP contribution in [0.4, 0.5) is 0 Å². The maximum Gasteiger partial charge on any atom is 0.221 e. The molecule has 0 aliphatic heterocycles. The first-order valence-electron chi connectivity index (χ1n) is 7.84. The summed E-state index contributed by atoms with van der Waals surface area (Å²) in [7, 11) is 0. The summed E-state index contributed by atoms with van der Waals surface area (Å²) in [6.07, 6.45) is 2.21. The van der Waals surface area contributed by atoms with Gasteiger partial charge in [0.1, 0.15) is 0 Å². The minimum atomic E-state index is -0.245. The van der Waals surface area contributed by atoms with Crippen LogP contribution in [-0.2, 0) is 17.6 Å². The molecular formula is C19H25ClN2O. The van der Waals surface area contributed by atoms with E-state index in [0.29, 0.717) is 13.0 Å². The van der Waals surface area contributed by atoms with Crippen LogP contribution < -0.4 is 11.1 Å².